The van der Waals surface area contributed by atoms with Gasteiger partial charge in [0.2, 0.25) is 0 Å². The average Bonchev–Trinajstić information content (AvgIpc) is 2.46. The Hall–Kier alpha value is -2.18. The predicted octanol–water partition coefficient (Wildman–Crippen LogP) is 5.38. The van der Waals surface area contributed by atoms with Gasteiger partial charge in [0.1, 0.15) is 0 Å². The highest BCUT2D eigenvalue weighted by atomic mass is 19.4. The van der Waals surface area contributed by atoms with Crippen LogP contribution in [0.1, 0.15) is 16.7 Å². The van der Waals surface area contributed by atoms with Gasteiger partial charge in [-0.05, 0) is 42.3 Å². The van der Waals surface area contributed by atoms with E-state index in [2.05, 4.69) is 5.32 Å². The molecule has 0 aliphatic carbocycles. The third-order valence-corrected chi connectivity index (χ3v) is 3.21. The highest BCUT2D eigenvalue weighted by Gasteiger charge is 2.30. The van der Waals surface area contributed by atoms with Gasteiger partial charge in [0, 0.05) is 12.2 Å². The molecule has 0 fully saturated rings. The molecule has 0 spiro atoms. The third-order valence-electron chi connectivity index (χ3n) is 3.21. The van der Waals surface area contributed by atoms with Crippen molar-refractivity contribution in [2.75, 3.05) is 11.9 Å². The molecule has 0 bridgehead atoms. The number of halogens is 6. The molecule has 1 nitrogen and oxygen atoms in total. The molecule has 2 aromatic rings. The minimum absolute atomic E-state index is 0.312. The second-order valence-corrected chi connectivity index (χ2v) is 4.95. The highest BCUT2D eigenvalue weighted by molar-refractivity contribution is 5.46. The molecule has 0 aliphatic rings. The summed E-state index contributed by atoms with van der Waals surface area (Å²) >= 11 is 0. The van der Waals surface area contributed by atoms with Gasteiger partial charge in [-0.25, -0.2) is 0 Å². The summed E-state index contributed by atoms with van der Waals surface area (Å²) in [5.41, 5.74) is -0.506. The minimum atomic E-state index is -4.41. The zero-order chi connectivity index (χ0) is 17.1. The fraction of sp³-hybridized carbons (Fsp3) is 0.250. The maximum absolute atomic E-state index is 12.6. The first-order valence-corrected chi connectivity index (χ1v) is 6.73. The number of alkyl halides is 6. The van der Waals surface area contributed by atoms with Crippen molar-refractivity contribution in [3.63, 3.8) is 0 Å². The van der Waals surface area contributed by atoms with E-state index in [1.807, 2.05) is 0 Å². The molecule has 7 heteroatoms. The third kappa shape index (κ3) is 4.91. The molecule has 0 aliphatic heterocycles. The molecule has 2 rings (SSSR count). The monoisotopic (exact) mass is 333 g/mol. The number of rotatable bonds is 4. The molecule has 2 aromatic carbocycles. The van der Waals surface area contributed by atoms with E-state index in [1.165, 1.54) is 24.3 Å². The maximum Gasteiger partial charge on any atom is 0.416 e. The van der Waals surface area contributed by atoms with E-state index in [0.29, 0.717) is 24.2 Å². The van der Waals surface area contributed by atoms with Crippen molar-refractivity contribution < 1.29 is 26.3 Å². The van der Waals surface area contributed by atoms with Crippen LogP contribution in [0.2, 0.25) is 0 Å². The smallest absolute Gasteiger partial charge is 0.385 e. The van der Waals surface area contributed by atoms with E-state index in [-0.39, 0.29) is 0 Å². The lowest BCUT2D eigenvalue weighted by atomic mass is 10.1. The normalized spacial score (nSPS) is 12.3. The second kappa shape index (κ2) is 6.52. The first-order chi connectivity index (χ1) is 10.7. The van der Waals surface area contributed by atoms with Crippen LogP contribution in [0, 0.1) is 0 Å². The molecule has 0 saturated carbocycles. The van der Waals surface area contributed by atoms with Crippen LogP contribution in [0.3, 0.4) is 0 Å². The van der Waals surface area contributed by atoms with Gasteiger partial charge in [-0.3, -0.25) is 0 Å². The topological polar surface area (TPSA) is 12.0 Å². The van der Waals surface area contributed by atoms with Crippen molar-refractivity contribution in [1.82, 2.24) is 0 Å². The predicted molar refractivity (Wildman–Crippen MR) is 75.1 cm³/mol. The second-order valence-electron chi connectivity index (χ2n) is 4.95. The van der Waals surface area contributed by atoms with Crippen LogP contribution in [0.4, 0.5) is 32.0 Å². The number of hydrogen-bond acceptors (Lipinski definition) is 1. The van der Waals surface area contributed by atoms with E-state index in [9.17, 15) is 26.3 Å². The lowest BCUT2D eigenvalue weighted by molar-refractivity contribution is -0.138. The van der Waals surface area contributed by atoms with Crippen LogP contribution < -0.4 is 5.32 Å². The van der Waals surface area contributed by atoms with Crippen molar-refractivity contribution in [3.8, 4) is 0 Å². The van der Waals surface area contributed by atoms with Crippen LogP contribution in [0.5, 0.6) is 0 Å². The molecule has 0 unspecified atom stereocenters. The van der Waals surface area contributed by atoms with Crippen molar-refractivity contribution in [2.24, 2.45) is 0 Å². The molecule has 1 N–H and O–H groups in total. The number of benzene rings is 2. The zero-order valence-corrected chi connectivity index (χ0v) is 11.8. The molecular formula is C16H13F6N. The lowest BCUT2D eigenvalue weighted by Gasteiger charge is -2.11. The van der Waals surface area contributed by atoms with Gasteiger partial charge in [0.05, 0.1) is 11.1 Å². The molecular weight excluding hydrogens is 320 g/mol. The first kappa shape index (κ1) is 17.2. The molecule has 124 valence electrons. The summed E-state index contributed by atoms with van der Waals surface area (Å²) in [5.74, 6) is 0. The molecule has 0 atom stereocenters. The van der Waals surface area contributed by atoms with Crippen LogP contribution in [-0.2, 0) is 18.8 Å². The van der Waals surface area contributed by atoms with E-state index < -0.39 is 23.5 Å². The van der Waals surface area contributed by atoms with Gasteiger partial charge in [-0.15, -0.1) is 0 Å². The Bertz CT molecular complexity index is 643. The summed E-state index contributed by atoms with van der Waals surface area (Å²) in [6, 6.07) is 9.45. The molecule has 0 aromatic heterocycles. The summed E-state index contributed by atoms with van der Waals surface area (Å²) < 4.78 is 75.0. The van der Waals surface area contributed by atoms with Crippen molar-refractivity contribution >= 4 is 5.69 Å². The van der Waals surface area contributed by atoms with Crippen molar-refractivity contribution in [3.05, 3.63) is 65.2 Å². The van der Waals surface area contributed by atoms with Crippen LogP contribution in [0.25, 0.3) is 0 Å². The van der Waals surface area contributed by atoms with Gasteiger partial charge < -0.3 is 5.32 Å². The van der Waals surface area contributed by atoms with Crippen molar-refractivity contribution in [1.29, 1.82) is 0 Å². The number of hydrogen-bond donors (Lipinski definition) is 1. The highest BCUT2D eigenvalue weighted by Crippen LogP contribution is 2.31. The fourth-order valence-corrected chi connectivity index (χ4v) is 2.02. The van der Waals surface area contributed by atoms with E-state index in [1.54, 1.807) is 0 Å². The summed E-state index contributed by atoms with van der Waals surface area (Å²) in [4.78, 5) is 0. The van der Waals surface area contributed by atoms with Crippen LogP contribution in [-0.4, -0.2) is 6.54 Å². The van der Waals surface area contributed by atoms with Gasteiger partial charge in [-0.2, -0.15) is 26.3 Å². The SMILES string of the molecule is FC(F)(F)c1ccc(CCNc2cccc(C(F)(F)F)c2)cc1. The summed E-state index contributed by atoms with van der Waals surface area (Å²) in [6.45, 7) is 0.312. The van der Waals surface area contributed by atoms with Gasteiger partial charge >= 0.3 is 12.4 Å². The molecule has 0 heterocycles. The summed E-state index contributed by atoms with van der Waals surface area (Å²) in [6.07, 6.45) is -8.39. The number of nitrogens with one attached hydrogen (secondary N) is 1. The lowest BCUT2D eigenvalue weighted by Crippen LogP contribution is -2.09. The van der Waals surface area contributed by atoms with Gasteiger partial charge in [0.15, 0.2) is 0 Å². The largest absolute Gasteiger partial charge is 0.416 e. The Morgan fingerprint density at radius 3 is 1.91 bits per heavy atom. The Morgan fingerprint density at radius 1 is 0.739 bits per heavy atom. The Kier molecular flexibility index (Phi) is 4.87. The molecule has 23 heavy (non-hydrogen) atoms. The minimum Gasteiger partial charge on any atom is -0.385 e. The van der Waals surface area contributed by atoms with Crippen molar-refractivity contribution in [2.45, 2.75) is 18.8 Å². The molecule has 0 amide bonds. The number of anilines is 1. The van der Waals surface area contributed by atoms with Crippen LogP contribution >= 0.6 is 0 Å². The maximum atomic E-state index is 12.6. The Labute approximate surface area is 128 Å². The quantitative estimate of drug-likeness (QED) is 0.741. The van der Waals surface area contributed by atoms with E-state index in [0.717, 1.165) is 24.3 Å². The zero-order valence-electron chi connectivity index (χ0n) is 11.8. The van der Waals surface area contributed by atoms with Crippen LogP contribution in [0.15, 0.2) is 48.5 Å². The Balaban J connectivity index is 1.93. The summed E-state index contributed by atoms with van der Waals surface area (Å²) in [5, 5.41) is 2.83. The van der Waals surface area contributed by atoms with E-state index >= 15 is 0 Å². The van der Waals surface area contributed by atoms with E-state index in [4.69, 9.17) is 0 Å². The fourth-order valence-electron chi connectivity index (χ4n) is 2.02. The average molecular weight is 333 g/mol. The first-order valence-electron chi connectivity index (χ1n) is 6.73. The van der Waals surface area contributed by atoms with Gasteiger partial charge in [0.25, 0.3) is 0 Å². The Morgan fingerprint density at radius 2 is 1.35 bits per heavy atom. The molecule has 0 saturated heterocycles. The van der Waals surface area contributed by atoms with Gasteiger partial charge in [-0.1, -0.05) is 18.2 Å². The molecule has 0 radical (unpaired) electrons. The summed E-state index contributed by atoms with van der Waals surface area (Å²) in [7, 11) is 0. The standard InChI is InChI=1S/C16H13F6N/c17-15(18,19)12-6-4-11(5-7-12)8-9-23-14-3-1-2-13(10-14)16(20,21)22/h1-7,10,23H,8-9H2.